The molecule has 1 aliphatic rings. The molecule has 136 valence electrons. The fraction of sp³-hybridized carbons (Fsp3) is 0.375. The number of nitrogens with zero attached hydrogens (tertiary/aromatic N) is 6. The Morgan fingerprint density at radius 2 is 1.96 bits per heavy atom. The van der Waals surface area contributed by atoms with Crippen LogP contribution in [0.4, 0.5) is 5.82 Å². The van der Waals surface area contributed by atoms with Crippen molar-refractivity contribution >= 4 is 15.8 Å². The molecule has 1 atom stereocenters. The van der Waals surface area contributed by atoms with Crippen LogP contribution < -0.4 is 4.72 Å². The molecule has 2 aromatic heterocycles. The zero-order valence-corrected chi connectivity index (χ0v) is 15.3. The summed E-state index contributed by atoms with van der Waals surface area (Å²) in [5.74, 6) is 0.969. The van der Waals surface area contributed by atoms with E-state index in [1.807, 2.05) is 11.6 Å². The third-order valence-corrected chi connectivity index (χ3v) is 5.98. The van der Waals surface area contributed by atoms with Gasteiger partial charge in [0.15, 0.2) is 5.82 Å². The van der Waals surface area contributed by atoms with Crippen LogP contribution in [0.3, 0.4) is 0 Å². The number of tetrazole rings is 1. The van der Waals surface area contributed by atoms with Gasteiger partial charge in [0.2, 0.25) is 0 Å². The minimum absolute atomic E-state index is 0.150. The summed E-state index contributed by atoms with van der Waals surface area (Å²) in [5, 5.41) is 15.3. The first-order chi connectivity index (χ1) is 12.4. The second-order valence-electron chi connectivity index (χ2n) is 6.55. The Hall–Kier alpha value is -2.75. The molecule has 0 bridgehead atoms. The predicted molar refractivity (Wildman–Crippen MR) is 94.4 cm³/mol. The van der Waals surface area contributed by atoms with Gasteiger partial charge < -0.3 is 0 Å². The van der Waals surface area contributed by atoms with E-state index in [0.29, 0.717) is 17.4 Å². The lowest BCUT2D eigenvalue weighted by atomic mass is 10.2. The number of hydrogen-bond donors (Lipinski definition) is 1. The van der Waals surface area contributed by atoms with Gasteiger partial charge >= 0.3 is 0 Å². The number of hydrogen-bond acceptors (Lipinski definition) is 6. The quantitative estimate of drug-likeness (QED) is 0.707. The summed E-state index contributed by atoms with van der Waals surface area (Å²) in [7, 11) is -3.72. The van der Waals surface area contributed by atoms with E-state index in [1.165, 1.54) is 36.0 Å². The summed E-state index contributed by atoms with van der Waals surface area (Å²) in [6.45, 7) is 4.05. The highest BCUT2D eigenvalue weighted by Gasteiger charge is 2.30. The lowest BCUT2D eigenvalue weighted by molar-refractivity contribution is 0.432. The zero-order valence-electron chi connectivity index (χ0n) is 14.4. The highest BCUT2D eigenvalue weighted by molar-refractivity contribution is 7.92. The van der Waals surface area contributed by atoms with E-state index in [2.05, 4.69) is 32.3 Å². The molecule has 3 aromatic rings. The Kier molecular flexibility index (Phi) is 3.98. The third-order valence-electron chi connectivity index (χ3n) is 4.61. The van der Waals surface area contributed by atoms with Gasteiger partial charge in [-0.25, -0.2) is 13.1 Å². The molecule has 1 N–H and O–H groups in total. The van der Waals surface area contributed by atoms with E-state index in [-0.39, 0.29) is 10.9 Å². The maximum atomic E-state index is 12.6. The zero-order chi connectivity index (χ0) is 18.3. The maximum Gasteiger partial charge on any atom is 0.263 e. The minimum atomic E-state index is -3.72. The van der Waals surface area contributed by atoms with Gasteiger partial charge in [-0.2, -0.15) is 5.10 Å². The van der Waals surface area contributed by atoms with Gasteiger partial charge in [-0.3, -0.25) is 9.40 Å². The van der Waals surface area contributed by atoms with E-state index in [4.69, 9.17) is 0 Å². The van der Waals surface area contributed by atoms with E-state index in [0.717, 1.165) is 5.69 Å². The molecule has 9 nitrogen and oxygen atoms in total. The van der Waals surface area contributed by atoms with Gasteiger partial charge in [0.25, 0.3) is 10.0 Å². The average Bonchev–Trinajstić information content (AvgIpc) is 3.20. The van der Waals surface area contributed by atoms with Crippen molar-refractivity contribution in [1.29, 1.82) is 0 Å². The van der Waals surface area contributed by atoms with Crippen LogP contribution in [0.5, 0.6) is 0 Å². The third kappa shape index (κ3) is 3.19. The topological polar surface area (TPSA) is 108 Å². The molecule has 1 unspecified atom stereocenters. The average molecular weight is 373 g/mol. The first-order valence-electron chi connectivity index (χ1n) is 8.36. The lowest BCUT2D eigenvalue weighted by Crippen LogP contribution is -2.15. The van der Waals surface area contributed by atoms with Crippen molar-refractivity contribution in [3.63, 3.8) is 0 Å². The van der Waals surface area contributed by atoms with Crippen LogP contribution in [0, 0.1) is 12.8 Å². The monoisotopic (exact) mass is 373 g/mol. The van der Waals surface area contributed by atoms with E-state index < -0.39 is 10.0 Å². The molecule has 26 heavy (non-hydrogen) atoms. The molecule has 1 fully saturated rings. The Morgan fingerprint density at radius 1 is 1.23 bits per heavy atom. The minimum Gasteiger partial charge on any atom is -0.265 e. The molecule has 0 radical (unpaired) electrons. The van der Waals surface area contributed by atoms with Crippen molar-refractivity contribution in [3.05, 3.63) is 42.4 Å². The molecule has 0 spiro atoms. The molecule has 1 aliphatic carbocycles. The first-order valence-corrected chi connectivity index (χ1v) is 9.85. The number of benzene rings is 1. The Morgan fingerprint density at radius 3 is 2.58 bits per heavy atom. The highest BCUT2D eigenvalue weighted by Crippen LogP contribution is 2.39. The molecule has 0 aliphatic heterocycles. The van der Waals surface area contributed by atoms with Gasteiger partial charge in [-0.05, 0) is 67.3 Å². The van der Waals surface area contributed by atoms with Crippen LogP contribution in [0.1, 0.15) is 31.5 Å². The largest absolute Gasteiger partial charge is 0.265 e. The van der Waals surface area contributed by atoms with Crippen LogP contribution >= 0.6 is 0 Å². The number of anilines is 1. The number of rotatable bonds is 6. The molecule has 10 heteroatoms. The summed E-state index contributed by atoms with van der Waals surface area (Å²) >= 11 is 0. The van der Waals surface area contributed by atoms with Crippen LogP contribution in [-0.2, 0) is 10.0 Å². The Balaban J connectivity index is 1.54. The van der Waals surface area contributed by atoms with Crippen molar-refractivity contribution in [2.45, 2.75) is 37.6 Å². The second kappa shape index (κ2) is 6.20. The van der Waals surface area contributed by atoms with Crippen molar-refractivity contribution in [1.82, 2.24) is 30.0 Å². The Bertz CT molecular complexity index is 1010. The number of aromatic nitrogens is 6. The van der Waals surface area contributed by atoms with Gasteiger partial charge in [-0.15, -0.1) is 5.10 Å². The van der Waals surface area contributed by atoms with Crippen molar-refractivity contribution in [2.24, 2.45) is 5.92 Å². The summed E-state index contributed by atoms with van der Waals surface area (Å²) in [5.41, 5.74) is 1.61. The standard InChI is InChI=1S/C16H19N7O2S/c1-11-9-16(18-23(11)12(2)13-3-4-13)19-26(24,25)15-7-5-14(6-8-15)22-10-17-20-21-22/h5-10,12-13H,3-4H2,1-2H3,(H,18,19). The summed E-state index contributed by atoms with van der Waals surface area (Å²) in [6.07, 6.45) is 3.85. The van der Waals surface area contributed by atoms with Crippen molar-refractivity contribution < 1.29 is 8.42 Å². The van der Waals surface area contributed by atoms with Gasteiger partial charge in [0.05, 0.1) is 16.6 Å². The normalized spacial score (nSPS) is 15.8. The van der Waals surface area contributed by atoms with Gasteiger partial charge in [0, 0.05) is 11.8 Å². The smallest absolute Gasteiger partial charge is 0.263 e. The predicted octanol–water partition coefficient (Wildman–Crippen LogP) is 1.94. The van der Waals surface area contributed by atoms with Gasteiger partial charge in [0.1, 0.15) is 6.33 Å². The number of nitrogens with one attached hydrogen (secondary N) is 1. The van der Waals surface area contributed by atoms with E-state index in [1.54, 1.807) is 18.2 Å². The molecule has 1 saturated carbocycles. The molecule has 2 heterocycles. The lowest BCUT2D eigenvalue weighted by Gasteiger charge is -2.12. The summed E-state index contributed by atoms with van der Waals surface area (Å²) in [6, 6.07) is 8.34. The summed E-state index contributed by atoms with van der Waals surface area (Å²) < 4.78 is 31.2. The van der Waals surface area contributed by atoms with E-state index in [9.17, 15) is 8.42 Å². The van der Waals surface area contributed by atoms with Crippen LogP contribution in [0.25, 0.3) is 5.69 Å². The first kappa shape index (κ1) is 16.7. The molecule has 0 amide bonds. The highest BCUT2D eigenvalue weighted by atomic mass is 32.2. The number of sulfonamides is 1. The van der Waals surface area contributed by atoms with Crippen LogP contribution in [0.15, 0.2) is 41.6 Å². The molecule has 4 rings (SSSR count). The van der Waals surface area contributed by atoms with Crippen molar-refractivity contribution in [3.8, 4) is 5.69 Å². The van der Waals surface area contributed by atoms with E-state index >= 15 is 0 Å². The van der Waals surface area contributed by atoms with Gasteiger partial charge in [-0.1, -0.05) is 0 Å². The SMILES string of the molecule is Cc1cc(NS(=O)(=O)c2ccc(-n3cnnn3)cc2)nn1C(C)C1CC1. The fourth-order valence-corrected chi connectivity index (χ4v) is 3.97. The number of aryl methyl sites for hydroxylation is 1. The fourth-order valence-electron chi connectivity index (χ4n) is 2.98. The summed E-state index contributed by atoms with van der Waals surface area (Å²) in [4.78, 5) is 0.150. The van der Waals surface area contributed by atoms with Crippen LogP contribution in [-0.4, -0.2) is 38.4 Å². The van der Waals surface area contributed by atoms with Crippen molar-refractivity contribution in [2.75, 3.05) is 4.72 Å². The molecular formula is C16H19N7O2S. The Labute approximate surface area is 151 Å². The molecule has 0 saturated heterocycles. The second-order valence-corrected chi connectivity index (χ2v) is 8.23. The molecular weight excluding hydrogens is 354 g/mol. The molecule has 1 aromatic carbocycles. The van der Waals surface area contributed by atoms with Crippen LogP contribution in [0.2, 0.25) is 0 Å². The maximum absolute atomic E-state index is 12.6.